The minimum absolute atomic E-state index is 0.591. The van der Waals surface area contributed by atoms with Crippen LogP contribution < -0.4 is 0 Å². The predicted molar refractivity (Wildman–Crippen MR) is 59.4 cm³/mol. The molecule has 0 spiro atoms. The molecule has 1 aromatic rings. The van der Waals surface area contributed by atoms with Crippen molar-refractivity contribution in [3.63, 3.8) is 0 Å². The first-order valence-corrected chi connectivity index (χ1v) is 4.73. The minimum Gasteiger partial charge on any atom is -0.0587 e. The van der Waals surface area contributed by atoms with Gasteiger partial charge in [-0.1, -0.05) is 51.5 Å². The summed E-state index contributed by atoms with van der Waals surface area (Å²) in [5, 5.41) is 0. The number of rotatable bonds is 2. The lowest BCUT2D eigenvalue weighted by Crippen LogP contribution is -1.94. The summed E-state index contributed by atoms with van der Waals surface area (Å²) in [7, 11) is 0. The third-order valence-electron chi connectivity index (χ3n) is 2.23. The van der Waals surface area contributed by atoms with Crippen molar-refractivity contribution in [2.45, 2.75) is 46.4 Å². The molecule has 0 aliphatic heterocycles. The second-order valence-corrected chi connectivity index (χ2v) is 4.09. The van der Waals surface area contributed by atoms with E-state index in [1.165, 1.54) is 0 Å². The molecule has 13 heavy (non-hydrogen) atoms. The lowest BCUT2D eigenvalue weighted by Gasteiger charge is -2.12. The second-order valence-electron chi connectivity index (χ2n) is 4.09. The Hall–Kier alpha value is -0.780. The van der Waals surface area contributed by atoms with Crippen LogP contribution in [0.25, 0.3) is 0 Å². The molecule has 1 aromatic carbocycles. The molecule has 0 heterocycles. The van der Waals surface area contributed by atoms with Gasteiger partial charge >= 0.3 is 0 Å². The predicted octanol–water partition coefficient (Wildman–Crippen LogP) is 4.24. The summed E-state index contributed by atoms with van der Waals surface area (Å²) in [6, 6.07) is 6.04. The summed E-state index contributed by atoms with van der Waals surface area (Å²) in [6.45, 7) is 9.53. The molecule has 0 amide bonds. The van der Waals surface area contributed by atoms with Crippen molar-refractivity contribution < 1.29 is 2.74 Å². The SMILES string of the molecule is [2H]C(C)(C)c1cc(C)cc(C([2H])(C)C)c1. The molecule has 0 atom stereocenters. The van der Waals surface area contributed by atoms with Gasteiger partial charge < -0.3 is 0 Å². The van der Waals surface area contributed by atoms with Gasteiger partial charge in [0.1, 0.15) is 0 Å². The maximum atomic E-state index is 8.01. The molecule has 0 saturated carbocycles. The van der Waals surface area contributed by atoms with Gasteiger partial charge in [0.15, 0.2) is 0 Å². The van der Waals surface area contributed by atoms with Crippen LogP contribution in [0.3, 0.4) is 0 Å². The summed E-state index contributed by atoms with van der Waals surface area (Å²) < 4.78 is 16.0. The molecule has 1 rings (SSSR count). The molecule has 0 heteroatoms. The molecular formula is C13H20. The van der Waals surface area contributed by atoms with Crippen LogP contribution in [0.2, 0.25) is 0 Å². The molecule has 0 aromatic heterocycles. The van der Waals surface area contributed by atoms with Gasteiger partial charge in [-0.15, -0.1) is 0 Å². The molecule has 0 N–H and O–H groups in total. The number of hydrogen-bond acceptors (Lipinski definition) is 0. The largest absolute Gasteiger partial charge is 0.0587 e. The lowest BCUT2D eigenvalue weighted by molar-refractivity contribution is 0.831. The molecule has 0 saturated heterocycles. The monoisotopic (exact) mass is 178 g/mol. The molecule has 0 fully saturated rings. The van der Waals surface area contributed by atoms with E-state index < -0.39 is 11.8 Å². The van der Waals surface area contributed by atoms with E-state index in [1.807, 2.05) is 52.8 Å². The summed E-state index contributed by atoms with van der Waals surface area (Å²) >= 11 is 0. The van der Waals surface area contributed by atoms with E-state index in [-0.39, 0.29) is 0 Å². The van der Waals surface area contributed by atoms with Crippen molar-refractivity contribution in [1.82, 2.24) is 0 Å². The quantitative estimate of drug-likeness (QED) is 0.635. The number of hydrogen-bond donors (Lipinski definition) is 0. The maximum Gasteiger partial charge on any atom is 0.0347 e. The molecule has 0 radical (unpaired) electrons. The highest BCUT2D eigenvalue weighted by Gasteiger charge is 2.04. The van der Waals surface area contributed by atoms with Crippen molar-refractivity contribution in [2.75, 3.05) is 0 Å². The van der Waals surface area contributed by atoms with Gasteiger partial charge in [0.2, 0.25) is 0 Å². The van der Waals surface area contributed by atoms with Gasteiger partial charge in [0.05, 0.1) is 0 Å². The smallest absolute Gasteiger partial charge is 0.0347 e. The molecular weight excluding hydrogens is 156 g/mol. The fraction of sp³-hybridized carbons (Fsp3) is 0.538. The fourth-order valence-electron chi connectivity index (χ4n) is 1.36. The van der Waals surface area contributed by atoms with E-state index in [0.717, 1.165) is 16.7 Å². The molecule has 0 aliphatic carbocycles. The standard InChI is InChI=1S/C13H20/c1-9(2)12-6-11(5)7-13(8-12)10(3)4/h6-10H,1-5H3/i9D,10D. The van der Waals surface area contributed by atoms with Crippen LogP contribution in [-0.2, 0) is 0 Å². The normalized spacial score (nSPS) is 15.2. The second kappa shape index (κ2) is 3.95. The topological polar surface area (TPSA) is 0 Å². The third kappa shape index (κ3) is 2.58. The van der Waals surface area contributed by atoms with Crippen LogP contribution in [0.15, 0.2) is 18.2 Å². The fourth-order valence-corrected chi connectivity index (χ4v) is 1.36. The van der Waals surface area contributed by atoms with Crippen LogP contribution in [0.5, 0.6) is 0 Å². The van der Waals surface area contributed by atoms with Crippen LogP contribution in [0, 0.1) is 6.92 Å². The van der Waals surface area contributed by atoms with Crippen LogP contribution in [0.1, 0.15) is 58.9 Å². The Bertz CT molecular complexity index is 322. The average molecular weight is 178 g/mol. The van der Waals surface area contributed by atoms with Crippen molar-refractivity contribution in [3.05, 3.63) is 34.9 Å². The highest BCUT2D eigenvalue weighted by molar-refractivity contribution is 5.32. The van der Waals surface area contributed by atoms with Gasteiger partial charge in [-0.3, -0.25) is 0 Å². The van der Waals surface area contributed by atoms with Gasteiger partial charge in [-0.2, -0.15) is 0 Å². The minimum atomic E-state index is -0.591. The number of aryl methyl sites for hydroxylation is 1. The van der Waals surface area contributed by atoms with E-state index in [2.05, 4.69) is 0 Å². The Kier molecular flexibility index (Phi) is 2.31. The third-order valence-corrected chi connectivity index (χ3v) is 2.23. The first-order valence-electron chi connectivity index (χ1n) is 5.73. The lowest BCUT2D eigenvalue weighted by atomic mass is 9.94. The summed E-state index contributed by atoms with van der Waals surface area (Å²) in [5.74, 6) is -1.18. The van der Waals surface area contributed by atoms with E-state index >= 15 is 0 Å². The van der Waals surface area contributed by atoms with E-state index in [4.69, 9.17) is 2.74 Å². The van der Waals surface area contributed by atoms with Crippen LogP contribution in [0.4, 0.5) is 0 Å². The van der Waals surface area contributed by atoms with Gasteiger partial charge in [0, 0.05) is 2.74 Å². The average Bonchev–Trinajstić information content (AvgIpc) is 1.99. The Morgan fingerprint density at radius 2 is 1.31 bits per heavy atom. The molecule has 0 nitrogen and oxygen atoms in total. The zero-order valence-electron chi connectivity index (χ0n) is 11.2. The molecule has 0 aliphatic rings. The van der Waals surface area contributed by atoms with Crippen molar-refractivity contribution in [1.29, 1.82) is 0 Å². The summed E-state index contributed by atoms with van der Waals surface area (Å²) in [4.78, 5) is 0. The van der Waals surface area contributed by atoms with Crippen molar-refractivity contribution in [3.8, 4) is 0 Å². The van der Waals surface area contributed by atoms with Crippen LogP contribution >= 0.6 is 0 Å². The van der Waals surface area contributed by atoms with E-state index in [1.54, 1.807) is 0 Å². The highest BCUT2D eigenvalue weighted by Crippen LogP contribution is 2.22. The Morgan fingerprint density at radius 1 is 0.923 bits per heavy atom. The zero-order valence-corrected chi connectivity index (χ0v) is 9.23. The Labute approximate surface area is 84.8 Å². The molecule has 0 bridgehead atoms. The maximum absolute atomic E-state index is 8.01. The Morgan fingerprint density at radius 3 is 1.62 bits per heavy atom. The van der Waals surface area contributed by atoms with Gasteiger partial charge in [-0.25, -0.2) is 0 Å². The first-order chi connectivity index (χ1) is 6.60. The van der Waals surface area contributed by atoms with Gasteiger partial charge in [0.25, 0.3) is 0 Å². The van der Waals surface area contributed by atoms with Gasteiger partial charge in [-0.05, 0) is 29.8 Å². The summed E-state index contributed by atoms with van der Waals surface area (Å²) in [6.07, 6.45) is 0. The number of benzene rings is 1. The Balaban J connectivity index is 3.30. The first kappa shape index (κ1) is 7.61. The highest BCUT2D eigenvalue weighted by atomic mass is 14.1. The molecule has 0 unspecified atom stereocenters. The van der Waals surface area contributed by atoms with Crippen molar-refractivity contribution >= 4 is 0 Å². The van der Waals surface area contributed by atoms with Crippen molar-refractivity contribution in [2.24, 2.45) is 0 Å². The molecule has 72 valence electrons. The summed E-state index contributed by atoms with van der Waals surface area (Å²) in [5.41, 5.74) is 3.10. The van der Waals surface area contributed by atoms with E-state index in [9.17, 15) is 0 Å². The van der Waals surface area contributed by atoms with E-state index in [0.29, 0.717) is 0 Å². The van der Waals surface area contributed by atoms with Crippen LogP contribution in [-0.4, -0.2) is 0 Å². The zero-order chi connectivity index (χ0) is 11.9.